The minimum Gasteiger partial charge on any atom is -0.464 e. The van der Waals surface area contributed by atoms with Gasteiger partial charge in [-0.15, -0.1) is 6.42 Å². The van der Waals surface area contributed by atoms with Gasteiger partial charge in [-0.2, -0.15) is 0 Å². The number of methoxy groups -OCH3 is 1. The Balaban J connectivity index is 3.40. The Hall–Kier alpha value is -1.96. The van der Waals surface area contributed by atoms with E-state index in [1.165, 1.54) is 7.11 Å². The van der Waals surface area contributed by atoms with Crippen LogP contribution in [0.25, 0.3) is 0 Å². The van der Waals surface area contributed by atoms with E-state index in [9.17, 15) is 4.79 Å². The molecule has 86 valence electrons. The molecule has 1 rings (SSSR count). The Labute approximate surface area is 94.6 Å². The molecular weight excluding hydrogens is 206 g/mol. The van der Waals surface area contributed by atoms with Gasteiger partial charge in [0.1, 0.15) is 17.2 Å². The summed E-state index contributed by atoms with van der Waals surface area (Å²) in [5.74, 6) is 2.85. The lowest BCUT2D eigenvalue weighted by atomic mass is 10.1. The van der Waals surface area contributed by atoms with Crippen LogP contribution in [0.3, 0.4) is 0 Å². The Bertz CT molecular complexity index is 466. The van der Waals surface area contributed by atoms with Gasteiger partial charge in [-0.3, -0.25) is 4.57 Å². The van der Waals surface area contributed by atoms with Crippen molar-refractivity contribution in [1.82, 2.24) is 9.55 Å². The number of terminal acetylenes is 1. The summed E-state index contributed by atoms with van der Waals surface area (Å²) in [6.07, 6.45) is 5.42. The van der Waals surface area contributed by atoms with Gasteiger partial charge >= 0.3 is 5.97 Å². The number of carbonyl (C=O) groups is 1. The first kappa shape index (κ1) is 12.1. The molecule has 1 aromatic heterocycles. The molecule has 5 heteroatoms. The molecule has 1 heterocycles. The van der Waals surface area contributed by atoms with Gasteiger partial charge in [-0.25, -0.2) is 9.78 Å². The molecule has 0 aliphatic heterocycles. The van der Waals surface area contributed by atoms with Crippen molar-refractivity contribution in [3.8, 4) is 12.3 Å². The lowest BCUT2D eigenvalue weighted by Gasteiger charge is -2.22. The van der Waals surface area contributed by atoms with Crippen LogP contribution < -0.4 is 5.73 Å². The summed E-state index contributed by atoms with van der Waals surface area (Å²) < 4.78 is 6.22. The average molecular weight is 221 g/mol. The van der Waals surface area contributed by atoms with Crippen LogP contribution in [-0.4, -0.2) is 22.6 Å². The summed E-state index contributed by atoms with van der Waals surface area (Å²) in [4.78, 5) is 15.4. The molecule has 1 aromatic rings. The van der Waals surface area contributed by atoms with Crippen molar-refractivity contribution in [2.75, 3.05) is 12.8 Å². The first-order valence-electron chi connectivity index (χ1n) is 4.76. The van der Waals surface area contributed by atoms with Crippen molar-refractivity contribution in [2.45, 2.75) is 26.3 Å². The van der Waals surface area contributed by atoms with Crippen molar-refractivity contribution < 1.29 is 9.53 Å². The van der Waals surface area contributed by atoms with E-state index in [2.05, 4.69) is 15.6 Å². The zero-order valence-corrected chi connectivity index (χ0v) is 9.87. The van der Waals surface area contributed by atoms with Crippen molar-refractivity contribution in [1.29, 1.82) is 0 Å². The number of hydrogen-bond donors (Lipinski definition) is 1. The predicted octanol–water partition coefficient (Wildman–Crippen LogP) is 0.929. The minimum absolute atomic E-state index is 0.100. The summed E-state index contributed by atoms with van der Waals surface area (Å²) in [5.41, 5.74) is 5.32. The number of imidazole rings is 1. The van der Waals surface area contributed by atoms with E-state index in [1.807, 2.05) is 13.8 Å². The van der Waals surface area contributed by atoms with E-state index in [0.717, 1.165) is 0 Å². The van der Waals surface area contributed by atoms with Crippen molar-refractivity contribution in [3.05, 3.63) is 11.5 Å². The molecule has 0 saturated carbocycles. The van der Waals surface area contributed by atoms with Gasteiger partial charge in [0.15, 0.2) is 5.69 Å². The van der Waals surface area contributed by atoms with Gasteiger partial charge in [-0.05, 0) is 20.8 Å². The van der Waals surface area contributed by atoms with Gasteiger partial charge in [0, 0.05) is 0 Å². The van der Waals surface area contributed by atoms with Crippen molar-refractivity contribution >= 4 is 11.8 Å². The molecule has 16 heavy (non-hydrogen) atoms. The van der Waals surface area contributed by atoms with E-state index in [-0.39, 0.29) is 11.5 Å². The molecule has 0 unspecified atom stereocenters. The van der Waals surface area contributed by atoms with Crippen LogP contribution in [0.1, 0.15) is 30.2 Å². The number of anilines is 1. The smallest absolute Gasteiger partial charge is 0.360 e. The highest BCUT2D eigenvalue weighted by Crippen LogP contribution is 2.24. The van der Waals surface area contributed by atoms with Gasteiger partial charge in [-0.1, -0.05) is 5.92 Å². The average Bonchev–Trinajstić information content (AvgIpc) is 2.53. The second-order valence-corrected chi connectivity index (χ2v) is 3.92. The van der Waals surface area contributed by atoms with Gasteiger partial charge < -0.3 is 10.5 Å². The number of rotatable bonds is 2. The Morgan fingerprint density at radius 1 is 1.62 bits per heavy atom. The normalized spacial score (nSPS) is 10.9. The maximum absolute atomic E-state index is 11.4. The third-order valence-corrected chi connectivity index (χ3v) is 2.37. The summed E-state index contributed by atoms with van der Waals surface area (Å²) in [6.45, 7) is 5.38. The molecule has 0 spiro atoms. The number of esters is 1. The number of ether oxygens (including phenoxy) is 1. The van der Waals surface area contributed by atoms with Crippen LogP contribution in [0.15, 0.2) is 0 Å². The molecule has 0 amide bonds. The summed E-state index contributed by atoms with van der Waals surface area (Å²) in [7, 11) is 1.28. The highest BCUT2D eigenvalue weighted by atomic mass is 16.5. The van der Waals surface area contributed by atoms with Crippen LogP contribution >= 0.6 is 0 Å². The second-order valence-electron chi connectivity index (χ2n) is 3.92. The number of nitrogens with zero attached hydrogens (tertiary/aromatic N) is 2. The number of aryl methyl sites for hydroxylation is 1. The zero-order chi connectivity index (χ0) is 12.5. The van der Waals surface area contributed by atoms with E-state index in [0.29, 0.717) is 5.82 Å². The molecule has 0 radical (unpaired) electrons. The standard InChI is InChI=1S/C11H15N3O2/c1-6-11(3,4)14-7(2)13-8(9(14)12)10(15)16-5/h1H,12H2,2-5H3. The fourth-order valence-electron chi connectivity index (χ4n) is 1.57. The predicted molar refractivity (Wildman–Crippen MR) is 60.9 cm³/mol. The maximum atomic E-state index is 11.4. The summed E-state index contributed by atoms with van der Waals surface area (Å²) in [6, 6.07) is 0. The molecule has 0 bridgehead atoms. The molecule has 5 nitrogen and oxygen atoms in total. The van der Waals surface area contributed by atoms with Crippen LogP contribution in [0, 0.1) is 19.3 Å². The van der Waals surface area contributed by atoms with Gasteiger partial charge in [0.25, 0.3) is 0 Å². The van der Waals surface area contributed by atoms with Crippen molar-refractivity contribution in [2.24, 2.45) is 0 Å². The molecule has 0 aliphatic rings. The SMILES string of the molecule is C#CC(C)(C)n1c(C)nc(C(=O)OC)c1N. The molecule has 0 aromatic carbocycles. The summed E-state index contributed by atoms with van der Waals surface area (Å²) in [5, 5.41) is 0. The molecule has 0 atom stereocenters. The van der Waals surface area contributed by atoms with Gasteiger partial charge in [0.2, 0.25) is 0 Å². The largest absolute Gasteiger partial charge is 0.464 e. The highest BCUT2D eigenvalue weighted by molar-refractivity contribution is 5.92. The first-order valence-corrected chi connectivity index (χ1v) is 4.76. The van der Waals surface area contributed by atoms with Crippen LogP contribution in [0.5, 0.6) is 0 Å². The van der Waals surface area contributed by atoms with Gasteiger partial charge in [0.05, 0.1) is 7.11 Å². The fourth-order valence-corrected chi connectivity index (χ4v) is 1.57. The number of carbonyl (C=O) groups excluding carboxylic acids is 1. The molecule has 0 aliphatic carbocycles. The van der Waals surface area contributed by atoms with Crippen LogP contribution in [0.2, 0.25) is 0 Å². The number of nitrogen functional groups attached to an aromatic ring is 1. The Morgan fingerprint density at radius 2 is 2.19 bits per heavy atom. The third kappa shape index (κ3) is 1.74. The second kappa shape index (κ2) is 3.89. The lowest BCUT2D eigenvalue weighted by molar-refractivity contribution is 0.0595. The topological polar surface area (TPSA) is 70.1 Å². The quantitative estimate of drug-likeness (QED) is 0.595. The lowest BCUT2D eigenvalue weighted by Crippen LogP contribution is -2.27. The highest BCUT2D eigenvalue weighted by Gasteiger charge is 2.27. The Morgan fingerprint density at radius 3 is 2.62 bits per heavy atom. The molecule has 2 N–H and O–H groups in total. The first-order chi connectivity index (χ1) is 7.35. The Kier molecular flexibility index (Phi) is 2.95. The zero-order valence-electron chi connectivity index (χ0n) is 9.87. The number of hydrogen-bond acceptors (Lipinski definition) is 4. The molecular formula is C11H15N3O2. The van der Waals surface area contributed by atoms with Crippen LogP contribution in [-0.2, 0) is 10.3 Å². The van der Waals surface area contributed by atoms with Crippen LogP contribution in [0.4, 0.5) is 5.82 Å². The molecule has 0 fully saturated rings. The van der Waals surface area contributed by atoms with E-state index < -0.39 is 11.5 Å². The fraction of sp³-hybridized carbons (Fsp3) is 0.455. The maximum Gasteiger partial charge on any atom is 0.360 e. The van der Waals surface area contributed by atoms with E-state index in [4.69, 9.17) is 12.2 Å². The summed E-state index contributed by atoms with van der Waals surface area (Å²) >= 11 is 0. The van der Waals surface area contributed by atoms with E-state index in [1.54, 1.807) is 11.5 Å². The number of aromatic nitrogens is 2. The van der Waals surface area contributed by atoms with Crippen molar-refractivity contribution in [3.63, 3.8) is 0 Å². The monoisotopic (exact) mass is 221 g/mol. The van der Waals surface area contributed by atoms with E-state index >= 15 is 0 Å². The minimum atomic E-state index is -0.632. The molecule has 0 saturated heterocycles. The number of nitrogens with two attached hydrogens (primary N) is 1. The third-order valence-electron chi connectivity index (χ3n) is 2.37.